The summed E-state index contributed by atoms with van der Waals surface area (Å²) < 4.78 is 5.18. The molecule has 1 aliphatic rings. The number of rotatable bonds is 8. The van der Waals surface area contributed by atoms with Crippen molar-refractivity contribution in [2.45, 2.75) is 52.1 Å². The van der Waals surface area contributed by atoms with Crippen molar-refractivity contribution < 1.29 is 4.74 Å². The first-order chi connectivity index (χ1) is 8.63. The summed E-state index contributed by atoms with van der Waals surface area (Å²) >= 11 is 0. The summed E-state index contributed by atoms with van der Waals surface area (Å²) in [5.74, 6) is 0. The molecule has 18 heavy (non-hydrogen) atoms. The van der Waals surface area contributed by atoms with E-state index in [9.17, 15) is 0 Å². The zero-order valence-electron chi connectivity index (χ0n) is 12.5. The Balaban J connectivity index is 2.17. The van der Waals surface area contributed by atoms with Gasteiger partial charge in [-0.3, -0.25) is 4.90 Å². The van der Waals surface area contributed by atoms with Crippen molar-refractivity contribution in [3.05, 3.63) is 11.6 Å². The average Bonchev–Trinajstić information content (AvgIpc) is 2.35. The third kappa shape index (κ3) is 5.98. The maximum Gasteiger partial charge on any atom is 0.0673 e. The summed E-state index contributed by atoms with van der Waals surface area (Å²) in [4.78, 5) is 2.58. The second kappa shape index (κ2) is 8.68. The molecule has 1 heterocycles. The molecule has 0 aromatic carbocycles. The van der Waals surface area contributed by atoms with Crippen LogP contribution in [0.3, 0.4) is 0 Å². The number of methoxy groups -OCH3 is 1. The summed E-state index contributed by atoms with van der Waals surface area (Å²) in [6.07, 6.45) is 6.07. The fourth-order valence-corrected chi connectivity index (χ4v) is 2.41. The van der Waals surface area contributed by atoms with Gasteiger partial charge in [0, 0.05) is 32.3 Å². The lowest BCUT2D eigenvalue weighted by Gasteiger charge is -2.32. The normalized spacial score (nSPS) is 19.1. The molecule has 3 nitrogen and oxygen atoms in total. The Morgan fingerprint density at radius 1 is 1.39 bits per heavy atom. The molecule has 0 aliphatic carbocycles. The predicted molar refractivity (Wildman–Crippen MR) is 78.0 cm³/mol. The Kier molecular flexibility index (Phi) is 7.56. The van der Waals surface area contributed by atoms with Gasteiger partial charge in [-0.2, -0.15) is 0 Å². The van der Waals surface area contributed by atoms with E-state index in [0.717, 1.165) is 19.7 Å². The molecule has 1 aliphatic heterocycles. The topological polar surface area (TPSA) is 24.5 Å². The molecule has 0 aromatic rings. The molecule has 0 amide bonds. The number of hydrogen-bond donors (Lipinski definition) is 1. The number of ether oxygens (including phenoxy) is 1. The van der Waals surface area contributed by atoms with E-state index in [1.54, 1.807) is 7.11 Å². The first kappa shape index (κ1) is 15.7. The molecule has 0 saturated carbocycles. The number of nitrogens with zero attached hydrogens (tertiary/aromatic N) is 1. The minimum absolute atomic E-state index is 0.606. The van der Waals surface area contributed by atoms with Gasteiger partial charge < -0.3 is 10.1 Å². The van der Waals surface area contributed by atoms with Crippen molar-refractivity contribution in [1.29, 1.82) is 0 Å². The molecule has 1 unspecified atom stereocenters. The van der Waals surface area contributed by atoms with Crippen LogP contribution in [0.5, 0.6) is 0 Å². The van der Waals surface area contributed by atoms with Gasteiger partial charge >= 0.3 is 0 Å². The van der Waals surface area contributed by atoms with Gasteiger partial charge in [0.15, 0.2) is 0 Å². The fourth-order valence-electron chi connectivity index (χ4n) is 2.41. The molecule has 0 radical (unpaired) electrons. The largest absolute Gasteiger partial charge is 0.380 e. The third-order valence-corrected chi connectivity index (χ3v) is 3.64. The van der Waals surface area contributed by atoms with Crippen LogP contribution in [0.25, 0.3) is 0 Å². The second-order valence-corrected chi connectivity index (χ2v) is 5.64. The van der Waals surface area contributed by atoms with Crippen molar-refractivity contribution in [2.24, 2.45) is 0 Å². The summed E-state index contributed by atoms with van der Waals surface area (Å²) in [6.45, 7) is 11.0. The second-order valence-electron chi connectivity index (χ2n) is 5.64. The Hall–Kier alpha value is -0.380. The Morgan fingerprint density at radius 3 is 2.72 bits per heavy atom. The van der Waals surface area contributed by atoms with E-state index in [1.807, 2.05) is 0 Å². The lowest BCUT2D eigenvalue weighted by atomic mass is 10.1. The van der Waals surface area contributed by atoms with Gasteiger partial charge in [-0.15, -0.1) is 0 Å². The van der Waals surface area contributed by atoms with E-state index in [4.69, 9.17) is 4.74 Å². The molecular weight excluding hydrogens is 224 g/mol. The van der Waals surface area contributed by atoms with Crippen molar-refractivity contribution in [1.82, 2.24) is 10.2 Å². The van der Waals surface area contributed by atoms with Gasteiger partial charge in [-0.05, 0) is 38.3 Å². The lowest BCUT2D eigenvalue weighted by Crippen LogP contribution is -2.37. The van der Waals surface area contributed by atoms with Crippen molar-refractivity contribution in [3.8, 4) is 0 Å². The van der Waals surface area contributed by atoms with Crippen LogP contribution >= 0.6 is 0 Å². The maximum atomic E-state index is 5.18. The molecular formula is C15H30N2O. The highest BCUT2D eigenvalue weighted by Crippen LogP contribution is 2.15. The van der Waals surface area contributed by atoms with Crippen LogP contribution < -0.4 is 5.32 Å². The van der Waals surface area contributed by atoms with Crippen molar-refractivity contribution in [3.63, 3.8) is 0 Å². The first-order valence-corrected chi connectivity index (χ1v) is 7.27. The molecule has 0 spiro atoms. The van der Waals surface area contributed by atoms with Crippen LogP contribution in [-0.4, -0.2) is 50.3 Å². The predicted octanol–water partition coefficient (Wildman–Crippen LogP) is 2.43. The van der Waals surface area contributed by atoms with Crippen molar-refractivity contribution >= 4 is 0 Å². The molecule has 1 N–H and O–H groups in total. The van der Waals surface area contributed by atoms with Gasteiger partial charge in [-0.25, -0.2) is 0 Å². The van der Waals surface area contributed by atoms with E-state index in [1.165, 1.54) is 31.4 Å². The molecule has 0 bridgehead atoms. The van der Waals surface area contributed by atoms with Gasteiger partial charge in [0.05, 0.1) is 6.61 Å². The summed E-state index contributed by atoms with van der Waals surface area (Å²) in [5.41, 5.74) is 1.46. The summed E-state index contributed by atoms with van der Waals surface area (Å²) in [7, 11) is 1.78. The highest BCUT2D eigenvalue weighted by molar-refractivity contribution is 5.08. The van der Waals surface area contributed by atoms with Gasteiger partial charge in [0.1, 0.15) is 0 Å². The minimum Gasteiger partial charge on any atom is -0.380 e. The SMILES string of the molecule is COCC1=CCN(C(C)CCCNC(C)C)CC1. The van der Waals surface area contributed by atoms with Crippen LogP contribution in [-0.2, 0) is 4.74 Å². The zero-order valence-corrected chi connectivity index (χ0v) is 12.5. The summed E-state index contributed by atoms with van der Waals surface area (Å²) in [5, 5.41) is 3.48. The Morgan fingerprint density at radius 2 is 2.17 bits per heavy atom. The number of nitrogens with one attached hydrogen (secondary N) is 1. The van der Waals surface area contributed by atoms with Gasteiger partial charge in [0.25, 0.3) is 0 Å². The van der Waals surface area contributed by atoms with E-state index in [-0.39, 0.29) is 0 Å². The summed E-state index contributed by atoms with van der Waals surface area (Å²) in [6, 6.07) is 1.30. The standard InChI is InChI=1S/C15H30N2O/c1-13(2)16-9-5-6-14(3)17-10-7-15(8-11-17)12-18-4/h7,13-14,16H,5-6,8-12H2,1-4H3. The van der Waals surface area contributed by atoms with E-state index in [2.05, 4.69) is 37.1 Å². The average molecular weight is 254 g/mol. The van der Waals surface area contributed by atoms with Crippen LogP contribution in [0, 0.1) is 0 Å². The maximum absolute atomic E-state index is 5.18. The highest BCUT2D eigenvalue weighted by atomic mass is 16.5. The third-order valence-electron chi connectivity index (χ3n) is 3.64. The zero-order chi connectivity index (χ0) is 13.4. The lowest BCUT2D eigenvalue weighted by molar-refractivity contribution is 0.189. The molecule has 3 heteroatoms. The number of hydrogen-bond acceptors (Lipinski definition) is 3. The fraction of sp³-hybridized carbons (Fsp3) is 0.867. The monoisotopic (exact) mass is 254 g/mol. The van der Waals surface area contributed by atoms with Crippen LogP contribution in [0.4, 0.5) is 0 Å². The quantitative estimate of drug-likeness (QED) is 0.532. The van der Waals surface area contributed by atoms with E-state index >= 15 is 0 Å². The molecule has 1 rings (SSSR count). The van der Waals surface area contributed by atoms with Crippen LogP contribution in [0.15, 0.2) is 11.6 Å². The molecule has 1 atom stereocenters. The molecule has 106 valence electrons. The van der Waals surface area contributed by atoms with Crippen LogP contribution in [0.2, 0.25) is 0 Å². The molecule has 0 saturated heterocycles. The molecule has 0 fully saturated rings. The minimum atomic E-state index is 0.606. The van der Waals surface area contributed by atoms with Gasteiger partial charge in [-0.1, -0.05) is 19.9 Å². The first-order valence-electron chi connectivity index (χ1n) is 7.27. The van der Waals surface area contributed by atoms with Crippen molar-refractivity contribution in [2.75, 3.05) is 33.4 Å². The highest BCUT2D eigenvalue weighted by Gasteiger charge is 2.16. The Labute approximate surface area is 113 Å². The van der Waals surface area contributed by atoms with Crippen LogP contribution in [0.1, 0.15) is 40.0 Å². The van der Waals surface area contributed by atoms with E-state index < -0.39 is 0 Å². The molecule has 0 aromatic heterocycles. The smallest absolute Gasteiger partial charge is 0.0673 e. The van der Waals surface area contributed by atoms with Gasteiger partial charge in [0.2, 0.25) is 0 Å². The van der Waals surface area contributed by atoms with E-state index in [0.29, 0.717) is 12.1 Å². The Bertz CT molecular complexity index is 251.